The van der Waals surface area contributed by atoms with Crippen LogP contribution in [0, 0.1) is 5.92 Å². The predicted octanol–water partition coefficient (Wildman–Crippen LogP) is 1.41. The zero-order valence-corrected chi connectivity index (χ0v) is 14.0. The minimum atomic E-state index is -0.341. The highest BCUT2D eigenvalue weighted by Gasteiger charge is 2.39. The second kappa shape index (κ2) is 6.84. The van der Waals surface area contributed by atoms with E-state index in [-0.39, 0.29) is 23.8 Å². The van der Waals surface area contributed by atoms with Gasteiger partial charge in [0.05, 0.1) is 12.6 Å². The van der Waals surface area contributed by atoms with Crippen molar-refractivity contribution in [2.24, 2.45) is 5.92 Å². The summed E-state index contributed by atoms with van der Waals surface area (Å²) < 4.78 is 6.28. The maximum atomic E-state index is 12.7. The molecule has 0 radical (unpaired) electrons. The number of ether oxygens (including phenoxy) is 1. The fraction of sp³-hybridized carbons (Fsp3) is 0.500. The standard InChI is InChI=1S/C18H22N4O3/c23-17(9-8-16-19-18(24)21-20-16)22-10-14(12-4-2-1-3-5-12)25-15(11-22)13-6-7-13/h1-5,13-15H,6-11H2,(H2,19,20,21,24)/t14-,15+/m0/s1. The van der Waals surface area contributed by atoms with Crippen LogP contribution in [0.5, 0.6) is 0 Å². The Hall–Kier alpha value is -2.41. The highest BCUT2D eigenvalue weighted by Crippen LogP contribution is 2.39. The Labute approximate surface area is 145 Å². The van der Waals surface area contributed by atoms with Crippen molar-refractivity contribution in [1.82, 2.24) is 20.1 Å². The third-order valence-electron chi connectivity index (χ3n) is 4.92. The SMILES string of the molecule is O=C(CCc1n[nH]c(=O)[nH]1)N1C[C@@H](c2ccccc2)O[C@@H](C2CC2)C1. The zero-order chi connectivity index (χ0) is 17.2. The average Bonchev–Trinajstić information content (AvgIpc) is 3.42. The Morgan fingerprint density at radius 1 is 1.24 bits per heavy atom. The molecule has 2 aromatic rings. The first-order chi connectivity index (χ1) is 12.2. The lowest BCUT2D eigenvalue weighted by Crippen LogP contribution is -2.47. The minimum Gasteiger partial charge on any atom is -0.366 e. The number of aryl methyl sites for hydroxylation is 1. The van der Waals surface area contributed by atoms with E-state index in [9.17, 15) is 9.59 Å². The number of aromatic nitrogens is 3. The van der Waals surface area contributed by atoms with Gasteiger partial charge in [-0.3, -0.25) is 9.78 Å². The molecule has 1 aliphatic carbocycles. The van der Waals surface area contributed by atoms with Gasteiger partial charge in [0.25, 0.3) is 0 Å². The summed E-state index contributed by atoms with van der Waals surface area (Å²) in [5.41, 5.74) is 0.772. The van der Waals surface area contributed by atoms with Gasteiger partial charge in [-0.25, -0.2) is 9.89 Å². The first-order valence-corrected chi connectivity index (χ1v) is 8.81. The molecule has 1 amide bonds. The molecule has 2 fully saturated rings. The van der Waals surface area contributed by atoms with Crippen molar-refractivity contribution in [3.05, 3.63) is 52.2 Å². The monoisotopic (exact) mass is 342 g/mol. The van der Waals surface area contributed by atoms with Crippen LogP contribution in [0.3, 0.4) is 0 Å². The van der Waals surface area contributed by atoms with Crippen molar-refractivity contribution in [2.75, 3.05) is 13.1 Å². The fourth-order valence-electron chi connectivity index (χ4n) is 3.38. The largest absolute Gasteiger partial charge is 0.366 e. The molecular formula is C18H22N4O3. The number of carbonyl (C=O) groups excluding carboxylic acids is 1. The van der Waals surface area contributed by atoms with Crippen LogP contribution in [-0.4, -0.2) is 45.2 Å². The van der Waals surface area contributed by atoms with E-state index < -0.39 is 0 Å². The Morgan fingerprint density at radius 2 is 2.04 bits per heavy atom. The number of hydrogen-bond acceptors (Lipinski definition) is 4. The second-order valence-electron chi connectivity index (χ2n) is 6.83. The summed E-state index contributed by atoms with van der Waals surface area (Å²) in [4.78, 5) is 28.3. The number of aromatic amines is 2. The molecule has 1 aliphatic heterocycles. The quantitative estimate of drug-likeness (QED) is 0.859. The van der Waals surface area contributed by atoms with Crippen LogP contribution in [0.15, 0.2) is 35.1 Å². The lowest BCUT2D eigenvalue weighted by atomic mass is 10.0. The number of hydrogen-bond donors (Lipinski definition) is 2. The van der Waals surface area contributed by atoms with E-state index in [2.05, 4.69) is 27.3 Å². The van der Waals surface area contributed by atoms with E-state index in [1.807, 2.05) is 23.1 Å². The van der Waals surface area contributed by atoms with E-state index in [4.69, 9.17) is 4.74 Å². The summed E-state index contributed by atoms with van der Waals surface area (Å²) in [6.07, 6.45) is 3.17. The third kappa shape index (κ3) is 3.82. The summed E-state index contributed by atoms with van der Waals surface area (Å²) in [6.45, 7) is 1.23. The highest BCUT2D eigenvalue weighted by molar-refractivity contribution is 5.76. The lowest BCUT2D eigenvalue weighted by molar-refractivity contribution is -0.148. The molecule has 1 aromatic carbocycles. The van der Waals surface area contributed by atoms with E-state index >= 15 is 0 Å². The van der Waals surface area contributed by atoms with Gasteiger partial charge in [0.1, 0.15) is 11.9 Å². The molecule has 0 unspecified atom stereocenters. The van der Waals surface area contributed by atoms with Gasteiger partial charge in [-0.1, -0.05) is 30.3 Å². The number of carbonyl (C=O) groups is 1. The first-order valence-electron chi connectivity index (χ1n) is 8.81. The summed E-state index contributed by atoms with van der Waals surface area (Å²) in [6, 6.07) is 10.1. The van der Waals surface area contributed by atoms with Crippen LogP contribution in [0.4, 0.5) is 0 Å². The molecule has 132 valence electrons. The van der Waals surface area contributed by atoms with Crippen LogP contribution in [0.2, 0.25) is 0 Å². The molecule has 25 heavy (non-hydrogen) atoms. The molecule has 2 atom stereocenters. The summed E-state index contributed by atoms with van der Waals surface area (Å²) in [5.74, 6) is 1.17. The van der Waals surface area contributed by atoms with E-state index in [0.29, 0.717) is 37.7 Å². The number of rotatable bonds is 5. The Balaban J connectivity index is 1.43. The zero-order valence-electron chi connectivity index (χ0n) is 14.0. The van der Waals surface area contributed by atoms with Crippen molar-refractivity contribution in [1.29, 1.82) is 0 Å². The average molecular weight is 342 g/mol. The maximum absolute atomic E-state index is 12.7. The van der Waals surface area contributed by atoms with Crippen molar-refractivity contribution < 1.29 is 9.53 Å². The van der Waals surface area contributed by atoms with Gasteiger partial charge in [-0.05, 0) is 24.3 Å². The number of benzene rings is 1. The maximum Gasteiger partial charge on any atom is 0.340 e. The van der Waals surface area contributed by atoms with Crippen LogP contribution in [-0.2, 0) is 16.0 Å². The predicted molar refractivity (Wildman–Crippen MR) is 90.9 cm³/mol. The van der Waals surface area contributed by atoms with Crippen molar-refractivity contribution in [3.63, 3.8) is 0 Å². The Morgan fingerprint density at radius 3 is 2.72 bits per heavy atom. The van der Waals surface area contributed by atoms with Gasteiger partial charge >= 0.3 is 5.69 Å². The van der Waals surface area contributed by atoms with Crippen LogP contribution in [0.25, 0.3) is 0 Å². The van der Waals surface area contributed by atoms with Gasteiger partial charge in [-0.2, -0.15) is 5.10 Å². The molecule has 2 N–H and O–H groups in total. The molecule has 7 heteroatoms. The normalized spacial score (nSPS) is 23.6. The fourth-order valence-corrected chi connectivity index (χ4v) is 3.38. The first kappa shape index (κ1) is 16.1. The molecule has 1 aromatic heterocycles. The van der Waals surface area contributed by atoms with Gasteiger partial charge in [0.15, 0.2) is 0 Å². The number of H-pyrrole nitrogens is 2. The smallest absolute Gasteiger partial charge is 0.340 e. The van der Waals surface area contributed by atoms with Crippen LogP contribution in [0.1, 0.15) is 36.8 Å². The minimum absolute atomic E-state index is 0.0744. The molecule has 4 rings (SSSR count). The Bertz CT molecular complexity index is 781. The second-order valence-corrected chi connectivity index (χ2v) is 6.83. The topological polar surface area (TPSA) is 91.1 Å². The number of morpholine rings is 1. The van der Waals surface area contributed by atoms with Gasteiger partial charge in [-0.15, -0.1) is 0 Å². The molecule has 2 aliphatic rings. The summed E-state index contributed by atoms with van der Waals surface area (Å²) in [5, 5.41) is 6.18. The molecule has 1 saturated heterocycles. The number of nitrogens with zero attached hydrogens (tertiary/aromatic N) is 2. The summed E-state index contributed by atoms with van der Waals surface area (Å²) in [7, 11) is 0. The van der Waals surface area contributed by atoms with Gasteiger partial charge < -0.3 is 9.64 Å². The number of nitrogens with one attached hydrogen (secondary N) is 2. The van der Waals surface area contributed by atoms with E-state index in [1.54, 1.807) is 0 Å². The Kier molecular flexibility index (Phi) is 4.40. The molecule has 0 spiro atoms. The summed E-state index contributed by atoms with van der Waals surface area (Å²) >= 11 is 0. The van der Waals surface area contributed by atoms with Gasteiger partial charge in [0.2, 0.25) is 5.91 Å². The van der Waals surface area contributed by atoms with Crippen LogP contribution >= 0.6 is 0 Å². The molecule has 1 saturated carbocycles. The molecule has 2 heterocycles. The molecule has 7 nitrogen and oxygen atoms in total. The molecule has 0 bridgehead atoms. The van der Waals surface area contributed by atoms with Crippen molar-refractivity contribution in [2.45, 2.75) is 37.9 Å². The lowest BCUT2D eigenvalue weighted by Gasteiger charge is -2.38. The highest BCUT2D eigenvalue weighted by atomic mass is 16.5. The van der Waals surface area contributed by atoms with Crippen molar-refractivity contribution in [3.8, 4) is 0 Å². The number of amides is 1. The van der Waals surface area contributed by atoms with E-state index in [0.717, 1.165) is 5.56 Å². The van der Waals surface area contributed by atoms with Gasteiger partial charge in [0, 0.05) is 19.4 Å². The van der Waals surface area contributed by atoms with E-state index in [1.165, 1.54) is 12.8 Å². The molecular weight excluding hydrogens is 320 g/mol. The van der Waals surface area contributed by atoms with Crippen molar-refractivity contribution >= 4 is 5.91 Å². The van der Waals surface area contributed by atoms with Crippen LogP contribution < -0.4 is 5.69 Å². The third-order valence-corrected chi connectivity index (χ3v) is 4.92.